The van der Waals surface area contributed by atoms with Crippen LogP contribution in [0.25, 0.3) is 0 Å². The van der Waals surface area contributed by atoms with Crippen molar-refractivity contribution < 1.29 is 4.39 Å². The Morgan fingerprint density at radius 1 is 1.56 bits per heavy atom. The van der Waals surface area contributed by atoms with E-state index in [0.29, 0.717) is 12.1 Å². The molecule has 2 atom stereocenters. The molecule has 2 rings (SSSR count). The summed E-state index contributed by atoms with van der Waals surface area (Å²) in [6.07, 6.45) is 0.492. The lowest BCUT2D eigenvalue weighted by atomic mass is 10.1. The van der Waals surface area contributed by atoms with Crippen molar-refractivity contribution in [2.75, 3.05) is 11.9 Å². The quantitative estimate of drug-likeness (QED) is 0.750. The van der Waals surface area contributed by atoms with Gasteiger partial charge in [-0.3, -0.25) is 0 Å². The van der Waals surface area contributed by atoms with Gasteiger partial charge in [-0.2, -0.15) is 5.26 Å². The molecule has 0 amide bonds. The lowest BCUT2D eigenvalue weighted by Gasteiger charge is -2.38. The molecule has 0 saturated carbocycles. The van der Waals surface area contributed by atoms with Crippen molar-refractivity contribution >= 4 is 17.4 Å². The maximum absolute atomic E-state index is 13.7. The molecule has 0 bridgehead atoms. The Morgan fingerprint density at radius 3 is 3.00 bits per heavy atom. The van der Waals surface area contributed by atoms with Gasteiger partial charge in [-0.15, -0.1) is 11.8 Å². The van der Waals surface area contributed by atoms with Gasteiger partial charge in [-0.1, -0.05) is 6.07 Å². The van der Waals surface area contributed by atoms with Gasteiger partial charge in [0.05, 0.1) is 11.8 Å². The van der Waals surface area contributed by atoms with Gasteiger partial charge in [0, 0.05) is 29.7 Å². The van der Waals surface area contributed by atoms with Gasteiger partial charge in [0.1, 0.15) is 5.82 Å². The van der Waals surface area contributed by atoms with Gasteiger partial charge in [0.15, 0.2) is 0 Å². The first kappa shape index (κ1) is 11.3. The first-order chi connectivity index (χ1) is 7.65. The number of nitrogens with zero attached hydrogens (tertiary/aromatic N) is 2. The number of para-hydroxylation sites is 1. The number of nitriles is 1. The van der Waals surface area contributed by atoms with Crippen LogP contribution in [0.3, 0.4) is 0 Å². The van der Waals surface area contributed by atoms with E-state index in [-0.39, 0.29) is 17.1 Å². The van der Waals surface area contributed by atoms with E-state index < -0.39 is 0 Å². The number of fused-ring (bicyclic) bond motifs is 1. The van der Waals surface area contributed by atoms with Crippen molar-refractivity contribution in [3.63, 3.8) is 0 Å². The maximum atomic E-state index is 13.7. The topological polar surface area (TPSA) is 27.0 Å². The SMILES string of the molecule is CC1C(CC#N)Sc2cccc(F)c2N1C. The number of hydrogen-bond acceptors (Lipinski definition) is 3. The van der Waals surface area contributed by atoms with Crippen LogP contribution in [0.5, 0.6) is 0 Å². The molecule has 84 valence electrons. The molecule has 0 saturated heterocycles. The zero-order chi connectivity index (χ0) is 11.7. The molecule has 2 nitrogen and oxygen atoms in total. The number of halogens is 1. The summed E-state index contributed by atoms with van der Waals surface area (Å²) in [5.74, 6) is -0.185. The van der Waals surface area contributed by atoms with E-state index in [4.69, 9.17) is 5.26 Å². The number of rotatable bonds is 1. The molecule has 2 unspecified atom stereocenters. The summed E-state index contributed by atoms with van der Waals surface area (Å²) >= 11 is 1.60. The molecule has 1 aliphatic heterocycles. The van der Waals surface area contributed by atoms with Crippen LogP contribution >= 0.6 is 11.8 Å². The molecule has 1 aromatic carbocycles. The molecule has 0 spiro atoms. The summed E-state index contributed by atoms with van der Waals surface area (Å²) in [6.45, 7) is 2.03. The minimum atomic E-state index is -0.185. The minimum absolute atomic E-state index is 0.175. The predicted molar refractivity (Wildman–Crippen MR) is 64.1 cm³/mol. The predicted octanol–water partition coefficient (Wildman–Crippen LogP) is 3.04. The van der Waals surface area contributed by atoms with Crippen LogP contribution in [-0.4, -0.2) is 18.3 Å². The minimum Gasteiger partial charge on any atom is -0.367 e. The molecule has 1 aromatic rings. The highest BCUT2D eigenvalue weighted by molar-refractivity contribution is 8.00. The number of hydrogen-bond donors (Lipinski definition) is 0. The molecule has 1 aliphatic rings. The molecular weight excluding hydrogens is 223 g/mol. The molecule has 1 heterocycles. The average molecular weight is 236 g/mol. The van der Waals surface area contributed by atoms with Crippen LogP contribution in [0, 0.1) is 17.1 Å². The van der Waals surface area contributed by atoms with Crippen molar-refractivity contribution in [3.05, 3.63) is 24.0 Å². The first-order valence-corrected chi connectivity index (χ1v) is 6.08. The number of thioether (sulfide) groups is 1. The summed E-state index contributed by atoms with van der Waals surface area (Å²) in [4.78, 5) is 2.87. The molecule has 0 aromatic heterocycles. The monoisotopic (exact) mass is 236 g/mol. The highest BCUT2D eigenvalue weighted by atomic mass is 32.2. The summed E-state index contributed by atoms with van der Waals surface area (Å²) < 4.78 is 13.7. The molecule has 16 heavy (non-hydrogen) atoms. The van der Waals surface area contributed by atoms with Gasteiger partial charge in [0.25, 0.3) is 0 Å². The zero-order valence-corrected chi connectivity index (χ0v) is 10.1. The lowest BCUT2D eigenvalue weighted by molar-refractivity contribution is 0.584. The Hall–Kier alpha value is -1.21. The fourth-order valence-electron chi connectivity index (χ4n) is 1.95. The van der Waals surface area contributed by atoms with Gasteiger partial charge < -0.3 is 4.90 Å². The standard InChI is InChI=1S/C12H13FN2S/c1-8-10(6-7-14)16-11-5-3-4-9(13)12(11)15(8)2/h3-5,8,10H,6H2,1-2H3. The Kier molecular flexibility index (Phi) is 3.06. The molecule has 0 radical (unpaired) electrons. The molecule has 0 aliphatic carbocycles. The van der Waals surface area contributed by atoms with Gasteiger partial charge >= 0.3 is 0 Å². The third kappa shape index (κ3) is 1.76. The van der Waals surface area contributed by atoms with E-state index in [1.807, 2.05) is 24.9 Å². The van der Waals surface area contributed by atoms with Gasteiger partial charge in [-0.05, 0) is 19.1 Å². The van der Waals surface area contributed by atoms with Crippen LogP contribution in [0.15, 0.2) is 23.1 Å². The summed E-state index contributed by atoms with van der Waals surface area (Å²) in [7, 11) is 1.89. The Balaban J connectivity index is 2.41. The summed E-state index contributed by atoms with van der Waals surface area (Å²) in [6, 6.07) is 7.48. The summed E-state index contributed by atoms with van der Waals surface area (Å²) in [5, 5.41) is 8.98. The fourth-order valence-corrected chi connectivity index (χ4v) is 3.32. The average Bonchev–Trinajstić information content (AvgIpc) is 2.25. The van der Waals surface area contributed by atoms with E-state index in [0.717, 1.165) is 4.90 Å². The largest absolute Gasteiger partial charge is 0.367 e. The second-order valence-electron chi connectivity index (χ2n) is 3.96. The second kappa shape index (κ2) is 4.34. The normalized spacial score (nSPS) is 23.8. The van der Waals surface area contributed by atoms with Crippen LogP contribution < -0.4 is 4.90 Å². The van der Waals surface area contributed by atoms with Crippen LogP contribution in [-0.2, 0) is 0 Å². The van der Waals surface area contributed by atoms with Crippen LogP contribution in [0.1, 0.15) is 13.3 Å². The lowest BCUT2D eigenvalue weighted by Crippen LogP contribution is -2.40. The smallest absolute Gasteiger partial charge is 0.147 e. The first-order valence-electron chi connectivity index (χ1n) is 5.20. The maximum Gasteiger partial charge on any atom is 0.147 e. The fraction of sp³-hybridized carbons (Fsp3) is 0.417. The van der Waals surface area contributed by atoms with Gasteiger partial charge in [-0.25, -0.2) is 4.39 Å². The van der Waals surface area contributed by atoms with Crippen LogP contribution in [0.4, 0.5) is 10.1 Å². The highest BCUT2D eigenvalue weighted by Crippen LogP contribution is 2.43. The van der Waals surface area contributed by atoms with Crippen LogP contribution in [0.2, 0.25) is 0 Å². The summed E-state index contributed by atoms with van der Waals surface area (Å²) in [5.41, 5.74) is 0.661. The van der Waals surface area contributed by atoms with Gasteiger partial charge in [0.2, 0.25) is 0 Å². The number of benzene rings is 1. The van der Waals surface area contributed by atoms with E-state index in [9.17, 15) is 4.39 Å². The highest BCUT2D eigenvalue weighted by Gasteiger charge is 2.31. The van der Waals surface area contributed by atoms with E-state index >= 15 is 0 Å². The van der Waals surface area contributed by atoms with Crippen molar-refractivity contribution in [1.82, 2.24) is 0 Å². The third-order valence-corrected chi connectivity index (χ3v) is 4.47. The number of anilines is 1. The molecule has 0 fully saturated rings. The van der Waals surface area contributed by atoms with Crippen molar-refractivity contribution in [2.24, 2.45) is 0 Å². The van der Waals surface area contributed by atoms with E-state index in [2.05, 4.69) is 6.07 Å². The molecular formula is C12H13FN2S. The Labute approximate surface area is 99.1 Å². The molecule has 0 N–H and O–H groups in total. The van der Waals surface area contributed by atoms with E-state index in [1.165, 1.54) is 6.07 Å². The second-order valence-corrected chi connectivity index (χ2v) is 5.24. The Morgan fingerprint density at radius 2 is 2.31 bits per heavy atom. The molecule has 4 heteroatoms. The van der Waals surface area contributed by atoms with Crippen molar-refractivity contribution in [1.29, 1.82) is 5.26 Å². The Bertz CT molecular complexity index is 441. The van der Waals surface area contributed by atoms with Crippen molar-refractivity contribution in [3.8, 4) is 6.07 Å². The third-order valence-electron chi connectivity index (χ3n) is 3.02. The van der Waals surface area contributed by atoms with Crippen molar-refractivity contribution in [2.45, 2.75) is 29.5 Å². The van der Waals surface area contributed by atoms with E-state index in [1.54, 1.807) is 17.8 Å². The zero-order valence-electron chi connectivity index (χ0n) is 9.27.